The molecule has 1 N–H and O–H groups in total. The molecular formula is C18H34N2S. The van der Waals surface area contributed by atoms with E-state index in [1.54, 1.807) is 0 Å². The van der Waals surface area contributed by atoms with Gasteiger partial charge in [0.2, 0.25) is 0 Å². The summed E-state index contributed by atoms with van der Waals surface area (Å²) in [5.41, 5.74) is 0.400. The first kappa shape index (κ1) is 18.7. The number of hydrogen-bond donors (Lipinski definition) is 1. The Morgan fingerprint density at radius 1 is 1.24 bits per heavy atom. The van der Waals surface area contributed by atoms with Gasteiger partial charge in [0, 0.05) is 30.6 Å². The molecule has 0 saturated heterocycles. The van der Waals surface area contributed by atoms with Crippen molar-refractivity contribution in [2.75, 3.05) is 19.6 Å². The van der Waals surface area contributed by atoms with Crippen molar-refractivity contribution in [3.8, 4) is 0 Å². The Kier molecular flexibility index (Phi) is 8.53. The van der Waals surface area contributed by atoms with Crippen molar-refractivity contribution in [3.63, 3.8) is 0 Å². The van der Waals surface area contributed by atoms with E-state index in [0.717, 1.165) is 19.6 Å². The van der Waals surface area contributed by atoms with Gasteiger partial charge in [0.15, 0.2) is 0 Å². The van der Waals surface area contributed by atoms with E-state index in [0.29, 0.717) is 11.5 Å². The van der Waals surface area contributed by atoms with E-state index in [4.69, 9.17) is 0 Å². The molecule has 0 bridgehead atoms. The van der Waals surface area contributed by atoms with Crippen molar-refractivity contribution in [2.24, 2.45) is 5.41 Å². The monoisotopic (exact) mass is 310 g/mol. The smallest absolute Gasteiger partial charge is 0.0330 e. The molecule has 0 aliphatic carbocycles. The molecule has 2 nitrogen and oxygen atoms in total. The summed E-state index contributed by atoms with van der Waals surface area (Å²) < 4.78 is 0. The molecule has 21 heavy (non-hydrogen) atoms. The highest BCUT2D eigenvalue weighted by Gasteiger charge is 2.29. The Morgan fingerprint density at radius 2 is 1.95 bits per heavy atom. The Labute approximate surface area is 135 Å². The van der Waals surface area contributed by atoms with Crippen LogP contribution < -0.4 is 5.32 Å². The van der Waals surface area contributed by atoms with Crippen LogP contribution in [-0.4, -0.2) is 30.6 Å². The van der Waals surface area contributed by atoms with Crippen molar-refractivity contribution in [2.45, 2.75) is 66.5 Å². The fourth-order valence-corrected chi connectivity index (χ4v) is 3.49. The molecule has 0 saturated carbocycles. The number of rotatable bonds is 11. The zero-order valence-electron chi connectivity index (χ0n) is 14.6. The third-order valence-electron chi connectivity index (χ3n) is 4.63. The Bertz CT molecular complexity index is 355. The fraction of sp³-hybridized carbons (Fsp3) is 0.778. The summed E-state index contributed by atoms with van der Waals surface area (Å²) in [4.78, 5) is 4.12. The Balaban J connectivity index is 2.71. The molecular weight excluding hydrogens is 276 g/mol. The zero-order chi connectivity index (χ0) is 15.7. The van der Waals surface area contributed by atoms with Crippen LogP contribution in [0.4, 0.5) is 0 Å². The van der Waals surface area contributed by atoms with Gasteiger partial charge in [0.05, 0.1) is 0 Å². The van der Waals surface area contributed by atoms with Gasteiger partial charge in [-0.3, -0.25) is 4.90 Å². The van der Waals surface area contributed by atoms with Gasteiger partial charge in [0.25, 0.3) is 0 Å². The minimum absolute atomic E-state index is 0.400. The average Bonchev–Trinajstić information content (AvgIpc) is 2.98. The van der Waals surface area contributed by atoms with Gasteiger partial charge < -0.3 is 5.32 Å². The molecule has 0 fully saturated rings. The van der Waals surface area contributed by atoms with E-state index in [-0.39, 0.29) is 0 Å². The van der Waals surface area contributed by atoms with Crippen LogP contribution in [0.3, 0.4) is 0 Å². The summed E-state index contributed by atoms with van der Waals surface area (Å²) in [6.45, 7) is 16.1. The third kappa shape index (κ3) is 6.09. The maximum Gasteiger partial charge on any atom is 0.0330 e. The van der Waals surface area contributed by atoms with Crippen LogP contribution in [0, 0.1) is 5.41 Å². The average molecular weight is 311 g/mol. The number of hydrogen-bond acceptors (Lipinski definition) is 3. The maximum atomic E-state index is 3.66. The van der Waals surface area contributed by atoms with Crippen molar-refractivity contribution in [1.82, 2.24) is 10.2 Å². The quantitative estimate of drug-likeness (QED) is 0.593. The minimum atomic E-state index is 0.400. The number of nitrogens with zero attached hydrogens (tertiary/aromatic N) is 1. The van der Waals surface area contributed by atoms with Crippen molar-refractivity contribution >= 4 is 11.3 Å². The molecule has 0 amide bonds. The second-order valence-electron chi connectivity index (χ2n) is 6.46. The molecule has 0 unspecified atom stereocenters. The molecule has 3 heteroatoms. The number of thiophene rings is 1. The van der Waals surface area contributed by atoms with Crippen LogP contribution in [0.15, 0.2) is 17.5 Å². The summed E-state index contributed by atoms with van der Waals surface area (Å²) in [6.07, 6.45) is 3.70. The molecule has 1 aromatic rings. The Hall–Kier alpha value is -0.380. The van der Waals surface area contributed by atoms with Gasteiger partial charge in [-0.15, -0.1) is 11.3 Å². The molecule has 0 aliphatic heterocycles. The van der Waals surface area contributed by atoms with Crippen LogP contribution in [-0.2, 0) is 6.54 Å². The first-order valence-electron chi connectivity index (χ1n) is 8.54. The van der Waals surface area contributed by atoms with Crippen LogP contribution in [0.1, 0.15) is 58.8 Å². The Morgan fingerprint density at radius 3 is 2.43 bits per heavy atom. The van der Waals surface area contributed by atoms with Crippen LogP contribution in [0.25, 0.3) is 0 Å². The van der Waals surface area contributed by atoms with E-state index >= 15 is 0 Å². The highest BCUT2D eigenvalue weighted by atomic mass is 32.1. The van der Waals surface area contributed by atoms with E-state index in [2.05, 4.69) is 62.3 Å². The normalized spacial score (nSPS) is 12.5. The molecule has 1 rings (SSSR count). The van der Waals surface area contributed by atoms with Crippen molar-refractivity contribution < 1.29 is 0 Å². The largest absolute Gasteiger partial charge is 0.316 e. The van der Waals surface area contributed by atoms with Crippen molar-refractivity contribution in [1.29, 1.82) is 0 Å². The van der Waals surface area contributed by atoms with E-state index in [9.17, 15) is 0 Å². The topological polar surface area (TPSA) is 15.3 Å². The van der Waals surface area contributed by atoms with Gasteiger partial charge in [-0.1, -0.05) is 26.8 Å². The minimum Gasteiger partial charge on any atom is -0.316 e. The van der Waals surface area contributed by atoms with E-state index < -0.39 is 0 Å². The predicted octanol–water partition coefficient (Wildman–Crippen LogP) is 4.76. The maximum absolute atomic E-state index is 3.66. The first-order chi connectivity index (χ1) is 10.1. The first-order valence-corrected chi connectivity index (χ1v) is 9.42. The lowest BCUT2D eigenvalue weighted by Gasteiger charge is -2.39. The summed E-state index contributed by atoms with van der Waals surface area (Å²) in [5.74, 6) is 0. The lowest BCUT2D eigenvalue weighted by Crippen LogP contribution is -2.45. The molecule has 1 heterocycles. The van der Waals surface area contributed by atoms with Crippen LogP contribution in [0.2, 0.25) is 0 Å². The standard InChI is InChI=1S/C18H34N2S/c1-6-11-19-14-18(7-2,8-3)15-20(16(4)5)13-17-10-9-12-21-17/h9-10,12,16,19H,6-8,11,13-15H2,1-5H3. The molecule has 0 aromatic carbocycles. The molecule has 0 radical (unpaired) electrons. The lowest BCUT2D eigenvalue weighted by atomic mass is 9.81. The van der Waals surface area contributed by atoms with Gasteiger partial charge in [0.1, 0.15) is 0 Å². The third-order valence-corrected chi connectivity index (χ3v) is 5.50. The molecule has 0 aliphatic rings. The van der Waals surface area contributed by atoms with Gasteiger partial charge >= 0.3 is 0 Å². The fourth-order valence-electron chi connectivity index (χ4n) is 2.76. The van der Waals surface area contributed by atoms with Gasteiger partial charge in [-0.2, -0.15) is 0 Å². The molecule has 122 valence electrons. The summed E-state index contributed by atoms with van der Waals surface area (Å²) in [7, 11) is 0. The van der Waals surface area contributed by atoms with Crippen LogP contribution >= 0.6 is 11.3 Å². The molecule has 0 atom stereocenters. The predicted molar refractivity (Wildman–Crippen MR) is 96.0 cm³/mol. The summed E-state index contributed by atoms with van der Waals surface area (Å²) in [6, 6.07) is 5.01. The second-order valence-corrected chi connectivity index (χ2v) is 7.49. The second kappa shape index (κ2) is 9.60. The van der Waals surface area contributed by atoms with E-state index in [1.165, 1.54) is 30.7 Å². The van der Waals surface area contributed by atoms with Gasteiger partial charge in [-0.05, 0) is 56.5 Å². The summed E-state index contributed by atoms with van der Waals surface area (Å²) in [5, 5.41) is 5.84. The highest BCUT2D eigenvalue weighted by molar-refractivity contribution is 7.09. The van der Waals surface area contributed by atoms with Gasteiger partial charge in [-0.25, -0.2) is 0 Å². The van der Waals surface area contributed by atoms with Crippen LogP contribution in [0.5, 0.6) is 0 Å². The summed E-state index contributed by atoms with van der Waals surface area (Å²) >= 11 is 1.87. The highest BCUT2D eigenvalue weighted by Crippen LogP contribution is 2.29. The zero-order valence-corrected chi connectivity index (χ0v) is 15.4. The van der Waals surface area contributed by atoms with Crippen molar-refractivity contribution in [3.05, 3.63) is 22.4 Å². The molecule has 1 aromatic heterocycles. The lowest BCUT2D eigenvalue weighted by molar-refractivity contribution is 0.104. The van der Waals surface area contributed by atoms with E-state index in [1.807, 2.05) is 11.3 Å². The number of nitrogens with one attached hydrogen (secondary N) is 1. The molecule has 0 spiro atoms. The SMILES string of the molecule is CCCNCC(CC)(CC)CN(Cc1cccs1)C(C)C.